The maximum absolute atomic E-state index is 13.4. The predicted octanol–water partition coefficient (Wildman–Crippen LogP) is 6.91. The Morgan fingerprint density at radius 1 is 0.941 bits per heavy atom. The van der Waals surface area contributed by atoms with E-state index >= 15 is 0 Å². The zero-order chi connectivity index (χ0) is 24.5. The van der Waals surface area contributed by atoms with Crippen molar-refractivity contribution >= 4 is 46.6 Å². The van der Waals surface area contributed by atoms with E-state index in [1.54, 1.807) is 36.4 Å². The molecule has 9 heteroatoms. The number of aryl methyl sites for hydroxylation is 1. The minimum Gasteiger partial charge on any atom is -0.350 e. The molecule has 174 valence electrons. The van der Waals surface area contributed by atoms with Crippen LogP contribution in [0.1, 0.15) is 18.1 Å². The number of halogens is 4. The summed E-state index contributed by atoms with van der Waals surface area (Å²) in [5.74, 6) is -1.54. The number of benzene rings is 3. The number of carbonyl (C=O) groups is 2. The molecule has 1 N–H and O–H groups in total. The highest BCUT2D eigenvalue weighted by Gasteiger charge is 2.42. The molecule has 0 fully saturated rings. The van der Waals surface area contributed by atoms with Crippen LogP contribution in [0.25, 0.3) is 0 Å². The largest absolute Gasteiger partial charge is 0.416 e. The second-order valence-corrected chi connectivity index (χ2v) is 8.90. The molecule has 2 amide bonds. The van der Waals surface area contributed by atoms with Crippen molar-refractivity contribution < 1.29 is 22.8 Å². The van der Waals surface area contributed by atoms with Crippen molar-refractivity contribution in [3.05, 3.63) is 99.5 Å². The fourth-order valence-corrected chi connectivity index (χ4v) is 4.52. The number of hydrogen-bond donors (Lipinski definition) is 1. The summed E-state index contributed by atoms with van der Waals surface area (Å²) < 4.78 is 39.9. The summed E-state index contributed by atoms with van der Waals surface area (Å²) in [6.45, 7) is 2.01. The predicted molar refractivity (Wildman–Crippen MR) is 128 cm³/mol. The SMILES string of the molecule is CCc1ccc(NC2=C(Sc3ccccc3)C(=O)N(c3cc(C(F)(F)F)ccc3Cl)C2=O)cc1. The van der Waals surface area contributed by atoms with Gasteiger partial charge in [0.15, 0.2) is 0 Å². The molecule has 1 aliphatic rings. The fourth-order valence-electron chi connectivity index (χ4n) is 3.37. The fraction of sp³-hybridized carbons (Fsp3) is 0.120. The minimum atomic E-state index is -4.66. The van der Waals surface area contributed by atoms with E-state index in [0.717, 1.165) is 35.9 Å². The van der Waals surface area contributed by atoms with E-state index in [1.807, 2.05) is 25.1 Å². The monoisotopic (exact) mass is 502 g/mol. The number of alkyl halides is 3. The third-order valence-electron chi connectivity index (χ3n) is 5.15. The van der Waals surface area contributed by atoms with E-state index in [1.165, 1.54) is 0 Å². The molecule has 3 aromatic rings. The Balaban J connectivity index is 1.77. The molecule has 1 aliphatic heterocycles. The molecule has 0 spiro atoms. The number of imide groups is 1. The minimum absolute atomic E-state index is 0.0309. The normalized spacial score (nSPS) is 14.2. The summed E-state index contributed by atoms with van der Waals surface area (Å²) in [6, 6.07) is 18.8. The van der Waals surface area contributed by atoms with Crippen LogP contribution in [-0.2, 0) is 22.2 Å². The van der Waals surface area contributed by atoms with E-state index < -0.39 is 23.6 Å². The highest BCUT2D eigenvalue weighted by Crippen LogP contribution is 2.41. The third kappa shape index (κ3) is 4.83. The van der Waals surface area contributed by atoms with Crippen LogP contribution in [-0.4, -0.2) is 11.8 Å². The Kier molecular flexibility index (Phi) is 6.72. The number of anilines is 2. The summed E-state index contributed by atoms with van der Waals surface area (Å²) in [6.07, 6.45) is -3.83. The van der Waals surface area contributed by atoms with E-state index in [-0.39, 0.29) is 21.3 Å². The lowest BCUT2D eigenvalue weighted by atomic mass is 10.1. The maximum Gasteiger partial charge on any atom is 0.416 e. The zero-order valence-corrected chi connectivity index (χ0v) is 19.4. The van der Waals surface area contributed by atoms with Gasteiger partial charge in [-0.15, -0.1) is 0 Å². The summed E-state index contributed by atoms with van der Waals surface area (Å²) in [7, 11) is 0. The smallest absolute Gasteiger partial charge is 0.350 e. The highest BCUT2D eigenvalue weighted by atomic mass is 35.5. The van der Waals surface area contributed by atoms with Crippen molar-refractivity contribution in [1.82, 2.24) is 0 Å². The lowest BCUT2D eigenvalue weighted by molar-refractivity contribution is -0.137. The van der Waals surface area contributed by atoms with Crippen molar-refractivity contribution in [3.63, 3.8) is 0 Å². The number of nitrogens with zero attached hydrogens (tertiary/aromatic N) is 1. The van der Waals surface area contributed by atoms with Crippen LogP contribution in [0.3, 0.4) is 0 Å². The Morgan fingerprint density at radius 3 is 2.24 bits per heavy atom. The summed E-state index contributed by atoms with van der Waals surface area (Å²) >= 11 is 7.20. The van der Waals surface area contributed by atoms with Crippen molar-refractivity contribution in [2.45, 2.75) is 24.4 Å². The van der Waals surface area contributed by atoms with Gasteiger partial charge >= 0.3 is 6.18 Å². The van der Waals surface area contributed by atoms with Crippen molar-refractivity contribution in [2.75, 3.05) is 10.2 Å². The molecule has 0 unspecified atom stereocenters. The van der Waals surface area contributed by atoms with Gasteiger partial charge in [-0.05, 0) is 54.4 Å². The molecule has 3 aromatic carbocycles. The molecule has 0 aliphatic carbocycles. The van der Waals surface area contributed by atoms with Crippen LogP contribution in [0.4, 0.5) is 24.5 Å². The van der Waals surface area contributed by atoms with Gasteiger partial charge in [0.1, 0.15) is 10.6 Å². The van der Waals surface area contributed by atoms with Crippen LogP contribution in [0.5, 0.6) is 0 Å². The Bertz CT molecular complexity index is 1280. The average Bonchev–Trinajstić information content (AvgIpc) is 3.04. The highest BCUT2D eigenvalue weighted by molar-refractivity contribution is 8.04. The van der Waals surface area contributed by atoms with E-state index in [0.29, 0.717) is 21.5 Å². The molecule has 4 nitrogen and oxygen atoms in total. The second-order valence-electron chi connectivity index (χ2n) is 7.40. The molecule has 0 saturated carbocycles. The first-order chi connectivity index (χ1) is 16.2. The Hall–Kier alpha value is -3.23. The van der Waals surface area contributed by atoms with Crippen molar-refractivity contribution in [2.24, 2.45) is 0 Å². The van der Waals surface area contributed by atoms with Crippen LogP contribution in [0.15, 0.2) is 88.3 Å². The first-order valence-electron chi connectivity index (χ1n) is 10.3. The van der Waals surface area contributed by atoms with Crippen LogP contribution in [0.2, 0.25) is 5.02 Å². The number of amides is 2. The van der Waals surface area contributed by atoms with Gasteiger partial charge in [0, 0.05) is 10.6 Å². The summed E-state index contributed by atoms with van der Waals surface area (Å²) in [5, 5.41) is 2.84. The number of rotatable bonds is 6. The molecule has 1 heterocycles. The van der Waals surface area contributed by atoms with Crippen molar-refractivity contribution in [3.8, 4) is 0 Å². The average molecular weight is 503 g/mol. The lowest BCUT2D eigenvalue weighted by Crippen LogP contribution is -2.33. The van der Waals surface area contributed by atoms with Crippen LogP contribution < -0.4 is 10.2 Å². The number of thioether (sulfide) groups is 1. The van der Waals surface area contributed by atoms with Crippen LogP contribution >= 0.6 is 23.4 Å². The van der Waals surface area contributed by atoms with Gasteiger partial charge in [-0.1, -0.05) is 60.6 Å². The second kappa shape index (κ2) is 9.56. The van der Waals surface area contributed by atoms with E-state index in [4.69, 9.17) is 11.6 Å². The number of nitrogens with one attached hydrogen (secondary N) is 1. The topological polar surface area (TPSA) is 49.4 Å². The van der Waals surface area contributed by atoms with Gasteiger partial charge in [-0.2, -0.15) is 13.2 Å². The molecule has 0 bridgehead atoms. The van der Waals surface area contributed by atoms with E-state index in [2.05, 4.69) is 5.32 Å². The molecule has 0 saturated heterocycles. The van der Waals surface area contributed by atoms with Gasteiger partial charge in [0.05, 0.1) is 16.3 Å². The zero-order valence-electron chi connectivity index (χ0n) is 17.8. The molecule has 0 aromatic heterocycles. The van der Waals surface area contributed by atoms with Crippen LogP contribution in [0, 0.1) is 0 Å². The maximum atomic E-state index is 13.4. The summed E-state index contributed by atoms with van der Waals surface area (Å²) in [4.78, 5) is 28.2. The molecule has 34 heavy (non-hydrogen) atoms. The third-order valence-corrected chi connectivity index (χ3v) is 6.56. The summed E-state index contributed by atoms with van der Waals surface area (Å²) in [5.41, 5.74) is 0.287. The molecule has 0 radical (unpaired) electrons. The number of carbonyl (C=O) groups excluding carboxylic acids is 2. The first-order valence-corrected chi connectivity index (χ1v) is 11.5. The standard InChI is InChI=1S/C25H18ClF3N2O2S/c1-2-15-8-11-17(12-9-15)30-21-22(34-18-6-4-3-5-7-18)24(33)31(23(21)32)20-14-16(25(27,28)29)10-13-19(20)26/h3-14,30H,2H2,1H3. The lowest BCUT2D eigenvalue weighted by Gasteiger charge is -2.18. The Morgan fingerprint density at radius 2 is 1.62 bits per heavy atom. The molecule has 0 atom stereocenters. The molecule has 4 rings (SSSR count). The number of hydrogen-bond acceptors (Lipinski definition) is 4. The van der Waals surface area contributed by atoms with Gasteiger partial charge in [0.25, 0.3) is 11.8 Å². The van der Waals surface area contributed by atoms with Gasteiger partial charge < -0.3 is 5.32 Å². The van der Waals surface area contributed by atoms with Crippen molar-refractivity contribution in [1.29, 1.82) is 0 Å². The Labute approximate surface area is 203 Å². The molecular formula is C25H18ClF3N2O2S. The van der Waals surface area contributed by atoms with E-state index in [9.17, 15) is 22.8 Å². The molecular weight excluding hydrogens is 485 g/mol. The van der Waals surface area contributed by atoms with Gasteiger partial charge in [0.2, 0.25) is 0 Å². The first kappa shape index (κ1) is 23.9. The quantitative estimate of drug-likeness (QED) is 0.372. The van der Waals surface area contributed by atoms with Gasteiger partial charge in [-0.25, -0.2) is 4.90 Å². The van der Waals surface area contributed by atoms with Gasteiger partial charge in [-0.3, -0.25) is 9.59 Å².